The molecule has 0 heterocycles. The van der Waals surface area contributed by atoms with Crippen molar-refractivity contribution in [3.8, 4) is 0 Å². The van der Waals surface area contributed by atoms with E-state index in [1.807, 2.05) is 415 Å². The van der Waals surface area contributed by atoms with Crippen molar-refractivity contribution in [2.24, 2.45) is 0 Å². The number of ether oxygens (including phenoxy) is 15. The highest BCUT2D eigenvalue weighted by atomic mass is 16.6. The van der Waals surface area contributed by atoms with Gasteiger partial charge in [0.05, 0.1) is 275 Å². The molecule has 0 fully saturated rings. The molecule has 0 aromatic carbocycles. The maximum Gasteiger partial charge on any atom is 0.0771 e. The topological polar surface area (TPSA) is 442 Å². The lowest BCUT2D eigenvalue weighted by molar-refractivity contribution is -0.0493. The summed E-state index contributed by atoms with van der Waals surface area (Å²) in [7, 11) is 0. The first-order valence-electron chi connectivity index (χ1n) is 56.6. The Morgan fingerprint density at radius 2 is 0.127 bits per heavy atom. The molecule has 0 aliphatic rings. The Kier molecular flexibility index (Phi) is 121. The van der Waals surface area contributed by atoms with Crippen LogP contribution in [0.4, 0.5) is 0 Å². The summed E-state index contributed by atoms with van der Waals surface area (Å²) in [5.41, 5.74) is -1.93. The van der Waals surface area contributed by atoms with Crippen LogP contribution in [0.15, 0.2) is 0 Å². The zero-order valence-corrected chi connectivity index (χ0v) is 110. The van der Waals surface area contributed by atoms with Crippen molar-refractivity contribution in [3.63, 3.8) is 0 Å². The van der Waals surface area contributed by atoms with Gasteiger partial charge in [-0.05, 0) is 408 Å². The van der Waals surface area contributed by atoms with Crippen LogP contribution in [0, 0.1) is 0 Å². The van der Waals surface area contributed by atoms with Crippen molar-refractivity contribution in [1.82, 2.24) is 0 Å². The number of aliphatic hydroxyl groups is 15. The average molecular weight is 2190 g/mol. The van der Waals surface area contributed by atoms with Crippen molar-refractivity contribution in [3.05, 3.63) is 0 Å². The molecule has 930 valence electrons. The van der Waals surface area contributed by atoms with Gasteiger partial charge in [0, 0.05) is 0 Å². The van der Waals surface area contributed by atoms with Crippen molar-refractivity contribution < 1.29 is 148 Å². The monoisotopic (exact) mass is 2190 g/mol. The van der Waals surface area contributed by atoms with Crippen LogP contribution in [0.25, 0.3) is 0 Å². The van der Waals surface area contributed by atoms with Crippen LogP contribution in [0.1, 0.15) is 512 Å². The molecule has 0 aromatic heterocycles. The lowest BCUT2D eigenvalue weighted by Crippen LogP contribution is -2.25. The molecule has 150 heavy (non-hydrogen) atoms. The molecule has 0 spiro atoms. The average Bonchev–Trinajstić information content (AvgIpc) is 1.06. The van der Waals surface area contributed by atoms with Gasteiger partial charge in [0.1, 0.15) is 0 Å². The SMILES string of the molecule is CCC(O)COC(C)(C)C.CCC(O)COC(C)(C)C.CCC(O)COC(C)(C)C.CCC(O)COC(C)(C)C.CCC(O)COC(C)(C)C.CC[C@@H](O)COC(C)(C)C.CC[C@@H](O)COC(C)(C)C.CC[C@@H](O)COC(C)(C)C.CC[C@@H](O)COC(C)(C)C.CC[C@@H](O)COC(C)(C)C.CC[C@H](O)COC(C)(C)C.CC[C@H](O)COC(C)(C)C.CC[C@H](O)COC(C)(C)C.CC[C@H](O)COC(C)(C)C.CC[C@H](O)COC(C)(C)C. The van der Waals surface area contributed by atoms with Gasteiger partial charge >= 0.3 is 0 Å². The fourth-order valence-corrected chi connectivity index (χ4v) is 6.96. The van der Waals surface area contributed by atoms with Crippen LogP contribution in [-0.2, 0) is 71.1 Å². The predicted molar refractivity (Wildman–Crippen MR) is 630 cm³/mol. The van der Waals surface area contributed by atoms with E-state index < -0.39 is 0 Å². The standard InChI is InChI=1S/15C8H18O2/c15*1-5-7(9)6-10-8(2,3)4/h15*7,9H,5-6H2,1-4H3/t10*7-;;;;;/m1111100000...../s1. The molecule has 30 heteroatoms. The highest BCUT2D eigenvalue weighted by Gasteiger charge is 2.23. The molecule has 15 atom stereocenters. The molecule has 30 nitrogen and oxygen atoms in total. The van der Waals surface area contributed by atoms with Crippen LogP contribution in [0.2, 0.25) is 0 Å². The van der Waals surface area contributed by atoms with Gasteiger partial charge in [0.25, 0.3) is 0 Å². The quantitative estimate of drug-likeness (QED) is 0.0269. The Morgan fingerprint density at radius 1 is 0.0933 bits per heavy atom. The maximum atomic E-state index is 9.10. The van der Waals surface area contributed by atoms with Crippen LogP contribution in [0.5, 0.6) is 0 Å². The Bertz CT molecular complexity index is 1960. The van der Waals surface area contributed by atoms with Gasteiger partial charge in [-0.15, -0.1) is 0 Å². The molecule has 0 rings (SSSR count). The molecule has 0 saturated carbocycles. The zero-order valence-electron chi connectivity index (χ0n) is 110. The maximum absolute atomic E-state index is 9.10. The third-order valence-electron chi connectivity index (χ3n) is 17.7. The van der Waals surface area contributed by atoms with Crippen molar-refractivity contribution in [2.45, 2.75) is 687 Å². The minimum Gasteiger partial charge on any atom is -0.391 e. The third kappa shape index (κ3) is 221. The van der Waals surface area contributed by atoms with E-state index in [1.165, 1.54) is 0 Å². The van der Waals surface area contributed by atoms with Crippen LogP contribution >= 0.6 is 0 Å². The van der Waals surface area contributed by atoms with Crippen LogP contribution in [0.3, 0.4) is 0 Å². The second kappa shape index (κ2) is 99.6. The molecular weight excluding hydrogens is 1920 g/mol. The van der Waals surface area contributed by atoms with Crippen LogP contribution in [-0.4, -0.2) is 351 Å². The highest BCUT2D eigenvalue weighted by molar-refractivity contribution is 4.72. The van der Waals surface area contributed by atoms with Crippen LogP contribution < -0.4 is 0 Å². The van der Waals surface area contributed by atoms with E-state index in [9.17, 15) is 0 Å². The largest absolute Gasteiger partial charge is 0.391 e. The van der Waals surface area contributed by atoms with Gasteiger partial charge in [0.15, 0.2) is 0 Å². The number of rotatable bonds is 45. The molecule has 0 saturated heterocycles. The lowest BCUT2D eigenvalue weighted by atomic mass is 10.2. The van der Waals surface area contributed by atoms with Crippen molar-refractivity contribution in [2.75, 3.05) is 99.1 Å². The Hall–Kier alpha value is -1.20. The smallest absolute Gasteiger partial charge is 0.0771 e. The minimum absolute atomic E-state index is 0.129. The molecule has 0 radical (unpaired) electrons. The Morgan fingerprint density at radius 3 is 0.147 bits per heavy atom. The van der Waals surface area contributed by atoms with Gasteiger partial charge < -0.3 is 148 Å². The summed E-state index contributed by atoms with van der Waals surface area (Å²) in [6, 6.07) is 0. The third-order valence-corrected chi connectivity index (χ3v) is 17.7. The van der Waals surface area contributed by atoms with E-state index in [-0.39, 0.29) is 176 Å². The Balaban J connectivity index is -0.000000100. The molecule has 0 aliphatic carbocycles. The first-order valence-corrected chi connectivity index (χ1v) is 56.6. The molecule has 0 amide bonds. The second-order valence-corrected chi connectivity index (χ2v) is 52.3. The molecule has 15 N–H and O–H groups in total. The van der Waals surface area contributed by atoms with E-state index in [2.05, 4.69) is 0 Å². The summed E-state index contributed by atoms with van der Waals surface area (Å²) in [5.74, 6) is 0. The van der Waals surface area contributed by atoms with Gasteiger partial charge in [0.2, 0.25) is 0 Å². The number of hydrogen-bond acceptors (Lipinski definition) is 30. The molecule has 0 bridgehead atoms. The first kappa shape index (κ1) is 182. The fourth-order valence-electron chi connectivity index (χ4n) is 6.96. The van der Waals surface area contributed by atoms with Gasteiger partial charge in [-0.1, -0.05) is 104 Å². The van der Waals surface area contributed by atoms with E-state index >= 15 is 0 Å². The zero-order chi connectivity index (χ0) is 123. The summed E-state index contributed by atoms with van der Waals surface area (Å²) >= 11 is 0. The van der Waals surface area contributed by atoms with Gasteiger partial charge in [-0.3, -0.25) is 0 Å². The lowest BCUT2D eigenvalue weighted by Gasteiger charge is -2.21. The Labute approximate surface area is 929 Å². The van der Waals surface area contributed by atoms with E-state index in [0.717, 1.165) is 96.3 Å². The summed E-state index contributed by atoms with van der Waals surface area (Å²) in [6.45, 7) is 125. The fraction of sp³-hybridized carbons (Fsp3) is 1.00. The van der Waals surface area contributed by atoms with E-state index in [0.29, 0.717) is 99.1 Å². The second-order valence-electron chi connectivity index (χ2n) is 52.3. The number of hydrogen-bond donors (Lipinski definition) is 15. The summed E-state index contributed by atoms with van der Waals surface area (Å²) in [4.78, 5) is 0. The van der Waals surface area contributed by atoms with E-state index in [1.54, 1.807) is 0 Å². The molecule has 0 aromatic rings. The highest BCUT2D eigenvalue weighted by Crippen LogP contribution is 2.19. The van der Waals surface area contributed by atoms with E-state index in [4.69, 9.17) is 148 Å². The molecule has 5 unspecified atom stereocenters. The predicted octanol–water partition coefficient (Wildman–Crippen LogP) is 23.6. The van der Waals surface area contributed by atoms with Crippen molar-refractivity contribution >= 4 is 0 Å². The normalized spacial score (nSPS) is 15.3. The summed E-state index contributed by atoms with van der Waals surface area (Å²) in [6.07, 6.45) is 6.81. The molecule has 0 aliphatic heterocycles. The summed E-state index contributed by atoms with van der Waals surface area (Å²) < 4.78 is 80.0. The van der Waals surface area contributed by atoms with Gasteiger partial charge in [-0.2, -0.15) is 0 Å². The van der Waals surface area contributed by atoms with Gasteiger partial charge in [-0.25, -0.2) is 0 Å². The summed E-state index contributed by atoms with van der Waals surface area (Å²) in [5, 5.41) is 136. The first-order chi connectivity index (χ1) is 66.8. The minimum atomic E-state index is -0.306. The number of aliphatic hydroxyl groups excluding tert-OH is 15. The van der Waals surface area contributed by atoms with Crippen molar-refractivity contribution in [1.29, 1.82) is 0 Å². The molecular formula is C120H270O30.